The second kappa shape index (κ2) is 7.51. The first-order valence-electron chi connectivity index (χ1n) is 8.70. The number of hydrogen-bond donors (Lipinski definition) is 0. The number of carbonyl (C=O) groups excluding carboxylic acids is 1. The van der Waals surface area contributed by atoms with Gasteiger partial charge in [0, 0.05) is 29.4 Å². The highest BCUT2D eigenvalue weighted by Crippen LogP contribution is 2.35. The van der Waals surface area contributed by atoms with Crippen LogP contribution in [0.1, 0.15) is 16.1 Å². The average molecular weight is 413 g/mol. The molecule has 4 rings (SSSR count). The standard InChI is InChI=1S/C21H14F3N3O3/c1-29-18-8-14(21(22,23)24)7-16(10-18)27-5-4-13-6-17(2-3-19(13)27)30-20-9-15(11-28)25-12-26-20/h2-12H,1H3. The first kappa shape index (κ1) is 19.4. The third-order valence-electron chi connectivity index (χ3n) is 4.40. The fourth-order valence-corrected chi connectivity index (χ4v) is 3.01. The van der Waals surface area contributed by atoms with Gasteiger partial charge in [-0.25, -0.2) is 9.97 Å². The van der Waals surface area contributed by atoms with Crippen molar-refractivity contribution < 1.29 is 27.4 Å². The van der Waals surface area contributed by atoms with Gasteiger partial charge in [-0.3, -0.25) is 4.79 Å². The number of methoxy groups -OCH3 is 1. The first-order chi connectivity index (χ1) is 14.4. The van der Waals surface area contributed by atoms with E-state index < -0.39 is 11.7 Å². The van der Waals surface area contributed by atoms with Crippen molar-refractivity contribution in [1.29, 1.82) is 0 Å². The summed E-state index contributed by atoms with van der Waals surface area (Å²) in [5.41, 5.74) is 0.385. The number of rotatable bonds is 5. The summed E-state index contributed by atoms with van der Waals surface area (Å²) >= 11 is 0. The molecule has 9 heteroatoms. The van der Waals surface area contributed by atoms with Gasteiger partial charge in [0.05, 0.1) is 18.2 Å². The van der Waals surface area contributed by atoms with Gasteiger partial charge in [-0.2, -0.15) is 13.2 Å². The minimum atomic E-state index is -4.49. The fourth-order valence-electron chi connectivity index (χ4n) is 3.01. The summed E-state index contributed by atoms with van der Waals surface area (Å²) in [6.45, 7) is 0. The summed E-state index contributed by atoms with van der Waals surface area (Å²) in [5, 5.41) is 0.744. The molecule has 0 N–H and O–H groups in total. The summed E-state index contributed by atoms with van der Waals surface area (Å²) in [6, 6.07) is 11.8. The van der Waals surface area contributed by atoms with E-state index in [9.17, 15) is 18.0 Å². The Labute approximate surface area is 168 Å². The van der Waals surface area contributed by atoms with Crippen LogP contribution in [0, 0.1) is 0 Å². The number of halogens is 3. The number of nitrogens with zero attached hydrogens (tertiary/aromatic N) is 3. The molecule has 0 unspecified atom stereocenters. The van der Waals surface area contributed by atoms with Crippen molar-refractivity contribution in [2.45, 2.75) is 6.18 Å². The van der Waals surface area contributed by atoms with Gasteiger partial charge in [0.15, 0.2) is 6.29 Å². The largest absolute Gasteiger partial charge is 0.497 e. The minimum Gasteiger partial charge on any atom is -0.497 e. The fraction of sp³-hybridized carbons (Fsp3) is 0.0952. The van der Waals surface area contributed by atoms with Crippen molar-refractivity contribution in [3.8, 4) is 23.1 Å². The van der Waals surface area contributed by atoms with E-state index in [1.54, 1.807) is 35.0 Å². The predicted molar refractivity (Wildman–Crippen MR) is 102 cm³/mol. The topological polar surface area (TPSA) is 66.2 Å². The van der Waals surface area contributed by atoms with Gasteiger partial charge in [-0.15, -0.1) is 0 Å². The van der Waals surface area contributed by atoms with E-state index in [1.807, 2.05) is 0 Å². The molecule has 0 atom stereocenters. The molecule has 0 aliphatic carbocycles. The Morgan fingerprint density at radius 2 is 1.83 bits per heavy atom. The van der Waals surface area contributed by atoms with E-state index in [2.05, 4.69) is 9.97 Å². The zero-order valence-electron chi connectivity index (χ0n) is 15.6. The molecule has 30 heavy (non-hydrogen) atoms. The number of aldehydes is 1. The molecule has 6 nitrogen and oxygen atoms in total. The molecule has 0 saturated heterocycles. The number of carbonyl (C=O) groups is 1. The predicted octanol–water partition coefficient (Wildman–Crippen LogP) is 5.05. The van der Waals surface area contributed by atoms with Crippen LogP contribution in [0.3, 0.4) is 0 Å². The molecular weight excluding hydrogens is 399 g/mol. The Kier molecular flexibility index (Phi) is 4.86. The molecule has 0 radical (unpaired) electrons. The quantitative estimate of drug-likeness (QED) is 0.428. The van der Waals surface area contributed by atoms with Crippen LogP contribution in [0.25, 0.3) is 16.6 Å². The second-order valence-electron chi connectivity index (χ2n) is 6.32. The van der Waals surface area contributed by atoms with Crippen molar-refractivity contribution in [2.24, 2.45) is 0 Å². The normalized spacial score (nSPS) is 11.5. The Morgan fingerprint density at radius 3 is 2.57 bits per heavy atom. The van der Waals surface area contributed by atoms with Crippen molar-refractivity contribution in [2.75, 3.05) is 7.11 Å². The van der Waals surface area contributed by atoms with Crippen molar-refractivity contribution >= 4 is 17.2 Å². The van der Waals surface area contributed by atoms with Crippen LogP contribution in [-0.2, 0) is 6.18 Å². The Bertz CT molecular complexity index is 1240. The van der Waals surface area contributed by atoms with E-state index in [0.717, 1.165) is 17.5 Å². The van der Waals surface area contributed by atoms with Crippen LogP contribution in [0.15, 0.2) is 61.1 Å². The van der Waals surface area contributed by atoms with Gasteiger partial charge in [0.1, 0.15) is 23.5 Å². The lowest BCUT2D eigenvalue weighted by Crippen LogP contribution is -2.07. The van der Waals surface area contributed by atoms with E-state index in [4.69, 9.17) is 9.47 Å². The molecule has 2 heterocycles. The SMILES string of the molecule is COc1cc(-n2ccc3cc(Oc4cc(C=O)ncn4)ccc32)cc(C(F)(F)F)c1. The van der Waals surface area contributed by atoms with Crippen LogP contribution in [0.4, 0.5) is 13.2 Å². The van der Waals surface area contributed by atoms with Crippen LogP contribution in [-0.4, -0.2) is 27.9 Å². The minimum absolute atomic E-state index is 0.108. The molecule has 2 aromatic heterocycles. The lowest BCUT2D eigenvalue weighted by atomic mass is 10.1. The van der Waals surface area contributed by atoms with Crippen LogP contribution in [0.5, 0.6) is 17.4 Å². The van der Waals surface area contributed by atoms with Crippen LogP contribution < -0.4 is 9.47 Å². The number of fused-ring (bicyclic) bond motifs is 1. The molecule has 152 valence electrons. The molecule has 0 saturated carbocycles. The maximum Gasteiger partial charge on any atom is 0.416 e. The summed E-state index contributed by atoms with van der Waals surface area (Å²) < 4.78 is 52.0. The summed E-state index contributed by atoms with van der Waals surface area (Å²) in [5.74, 6) is 0.766. The third kappa shape index (κ3) is 3.82. The highest BCUT2D eigenvalue weighted by atomic mass is 19.4. The zero-order chi connectivity index (χ0) is 21.3. The smallest absolute Gasteiger partial charge is 0.416 e. The Morgan fingerprint density at radius 1 is 1.00 bits per heavy atom. The second-order valence-corrected chi connectivity index (χ2v) is 6.32. The highest BCUT2D eigenvalue weighted by Gasteiger charge is 2.31. The summed E-state index contributed by atoms with van der Waals surface area (Å²) in [7, 11) is 1.32. The van der Waals surface area contributed by atoms with Crippen LogP contribution in [0.2, 0.25) is 0 Å². The number of ether oxygens (including phenoxy) is 2. The summed E-state index contributed by atoms with van der Waals surface area (Å²) in [4.78, 5) is 18.5. The van der Waals surface area contributed by atoms with E-state index in [1.165, 1.54) is 25.6 Å². The molecule has 4 aromatic rings. The monoisotopic (exact) mass is 413 g/mol. The molecule has 0 fully saturated rings. The molecule has 0 aliphatic heterocycles. The van der Waals surface area contributed by atoms with Gasteiger partial charge >= 0.3 is 6.18 Å². The molecule has 0 bridgehead atoms. The van der Waals surface area contributed by atoms with Crippen molar-refractivity contribution in [1.82, 2.24) is 14.5 Å². The van der Waals surface area contributed by atoms with E-state index in [0.29, 0.717) is 23.2 Å². The Hall–Kier alpha value is -3.88. The molecule has 0 aliphatic rings. The third-order valence-corrected chi connectivity index (χ3v) is 4.40. The lowest BCUT2D eigenvalue weighted by molar-refractivity contribution is -0.137. The van der Waals surface area contributed by atoms with Gasteiger partial charge in [-0.05, 0) is 36.4 Å². The molecule has 0 amide bonds. The average Bonchev–Trinajstić information content (AvgIpc) is 3.16. The number of hydrogen-bond acceptors (Lipinski definition) is 5. The summed E-state index contributed by atoms with van der Waals surface area (Å²) in [6.07, 6.45) is -1.03. The Balaban J connectivity index is 1.71. The maximum atomic E-state index is 13.2. The molecule has 2 aromatic carbocycles. The number of benzene rings is 2. The van der Waals surface area contributed by atoms with Crippen LogP contribution >= 0.6 is 0 Å². The highest BCUT2D eigenvalue weighted by molar-refractivity contribution is 5.83. The van der Waals surface area contributed by atoms with Gasteiger partial charge < -0.3 is 14.0 Å². The number of alkyl halides is 3. The van der Waals surface area contributed by atoms with Gasteiger partial charge in [0.25, 0.3) is 0 Å². The number of aromatic nitrogens is 3. The van der Waals surface area contributed by atoms with Gasteiger partial charge in [-0.1, -0.05) is 0 Å². The maximum absolute atomic E-state index is 13.2. The first-order valence-corrected chi connectivity index (χ1v) is 8.70. The molecular formula is C21H14F3N3O3. The van der Waals surface area contributed by atoms with E-state index in [-0.39, 0.29) is 17.3 Å². The van der Waals surface area contributed by atoms with Gasteiger partial charge in [0.2, 0.25) is 5.88 Å². The van der Waals surface area contributed by atoms with E-state index >= 15 is 0 Å². The zero-order valence-corrected chi connectivity index (χ0v) is 15.6. The molecule has 0 spiro atoms. The van der Waals surface area contributed by atoms with Crippen molar-refractivity contribution in [3.63, 3.8) is 0 Å². The van der Waals surface area contributed by atoms with Crippen molar-refractivity contribution in [3.05, 3.63) is 72.3 Å². The lowest BCUT2D eigenvalue weighted by Gasteiger charge is -2.13.